The zero-order valence-corrected chi connectivity index (χ0v) is 20.4. The SMILES string of the molecule is O=C(C[C@@H]1CCN(c2nccc(C(F)(F)F)n2)C1)C1[C@H]2CN(C3CCC(c4ccccc4)CC3)C[C@@H]12. The molecule has 6 rings (SSSR count). The summed E-state index contributed by atoms with van der Waals surface area (Å²) in [5.74, 6) is 2.53. The lowest BCUT2D eigenvalue weighted by Gasteiger charge is -2.36. The van der Waals surface area contributed by atoms with E-state index < -0.39 is 11.9 Å². The molecule has 0 bridgehead atoms. The summed E-state index contributed by atoms with van der Waals surface area (Å²) in [5.41, 5.74) is 0.548. The van der Waals surface area contributed by atoms with Crippen molar-refractivity contribution in [2.45, 2.75) is 56.7 Å². The number of anilines is 1. The lowest BCUT2D eigenvalue weighted by atomic mass is 9.81. The second-order valence-electron chi connectivity index (χ2n) is 11.2. The van der Waals surface area contributed by atoms with Crippen LogP contribution < -0.4 is 4.90 Å². The maximum absolute atomic E-state index is 13.1. The Morgan fingerprint density at radius 1 is 0.944 bits per heavy atom. The molecule has 4 atom stereocenters. The second-order valence-corrected chi connectivity index (χ2v) is 11.2. The normalized spacial score (nSPS) is 32.5. The molecule has 4 aliphatic rings. The summed E-state index contributed by atoms with van der Waals surface area (Å²) in [6.07, 6.45) is 2.98. The first-order valence-electron chi connectivity index (χ1n) is 13.3. The van der Waals surface area contributed by atoms with Gasteiger partial charge in [0.2, 0.25) is 5.95 Å². The van der Waals surface area contributed by atoms with E-state index in [1.807, 2.05) is 0 Å². The van der Waals surface area contributed by atoms with Crippen molar-refractivity contribution in [3.8, 4) is 0 Å². The van der Waals surface area contributed by atoms with E-state index in [0.717, 1.165) is 31.8 Å². The van der Waals surface area contributed by atoms with E-state index in [0.29, 0.717) is 49.1 Å². The van der Waals surface area contributed by atoms with E-state index in [2.05, 4.69) is 45.2 Å². The Labute approximate surface area is 210 Å². The predicted molar refractivity (Wildman–Crippen MR) is 130 cm³/mol. The van der Waals surface area contributed by atoms with Gasteiger partial charge in [-0.05, 0) is 67.4 Å². The average Bonchev–Trinajstić information content (AvgIpc) is 3.20. The Morgan fingerprint density at radius 3 is 2.36 bits per heavy atom. The Morgan fingerprint density at radius 2 is 1.67 bits per heavy atom. The Bertz CT molecular complexity index is 1070. The fraction of sp³-hybridized carbons (Fsp3) is 0.607. The number of hydrogen-bond donors (Lipinski definition) is 0. The molecular formula is C28H33F3N4O. The summed E-state index contributed by atoms with van der Waals surface area (Å²) >= 11 is 0. The van der Waals surface area contributed by atoms with Gasteiger partial charge in [-0.15, -0.1) is 0 Å². The van der Waals surface area contributed by atoms with Crippen LogP contribution in [0.25, 0.3) is 0 Å². The van der Waals surface area contributed by atoms with Crippen molar-refractivity contribution >= 4 is 11.7 Å². The summed E-state index contributed by atoms with van der Waals surface area (Å²) < 4.78 is 39.0. The number of carbonyl (C=O) groups excluding carboxylic acids is 1. The number of rotatable bonds is 6. The Balaban J connectivity index is 0.958. The van der Waals surface area contributed by atoms with Gasteiger partial charge < -0.3 is 4.90 Å². The summed E-state index contributed by atoms with van der Waals surface area (Å²) in [6, 6.07) is 12.4. The van der Waals surface area contributed by atoms with Crippen molar-refractivity contribution in [3.05, 3.63) is 53.9 Å². The van der Waals surface area contributed by atoms with Crippen LogP contribution in [0.1, 0.15) is 55.7 Å². The molecule has 8 heteroatoms. The fourth-order valence-corrected chi connectivity index (χ4v) is 7.09. The van der Waals surface area contributed by atoms with Crippen LogP contribution in [-0.2, 0) is 11.0 Å². The standard InChI is InChI=1S/C28H33F3N4O/c29-28(30,31)25-10-12-32-27(33-25)34-13-11-18(15-34)14-24(36)26-22-16-35(17-23(22)26)21-8-6-20(7-9-21)19-4-2-1-3-5-19/h1-5,10,12,18,20-23,26H,6-9,11,13-17H2/t18-,20?,21?,22-,23+,26?/m0/s1. The van der Waals surface area contributed by atoms with Crippen LogP contribution in [0.4, 0.5) is 19.1 Å². The van der Waals surface area contributed by atoms with Crippen molar-refractivity contribution in [1.29, 1.82) is 0 Å². The zero-order valence-electron chi connectivity index (χ0n) is 20.4. The highest BCUT2D eigenvalue weighted by Crippen LogP contribution is 2.54. The molecule has 5 nitrogen and oxygen atoms in total. The monoisotopic (exact) mass is 498 g/mol. The first kappa shape index (κ1) is 23.9. The maximum atomic E-state index is 13.1. The molecule has 2 aliphatic heterocycles. The highest BCUT2D eigenvalue weighted by molar-refractivity contribution is 5.85. The first-order valence-corrected chi connectivity index (χ1v) is 13.3. The van der Waals surface area contributed by atoms with Crippen molar-refractivity contribution < 1.29 is 18.0 Å². The third-order valence-corrected chi connectivity index (χ3v) is 9.07. The average molecular weight is 499 g/mol. The van der Waals surface area contributed by atoms with Crippen LogP contribution in [0.15, 0.2) is 42.6 Å². The predicted octanol–water partition coefficient (Wildman–Crippen LogP) is 5.19. The van der Waals surface area contributed by atoms with Crippen molar-refractivity contribution in [2.75, 3.05) is 31.1 Å². The van der Waals surface area contributed by atoms with Gasteiger partial charge in [0.25, 0.3) is 0 Å². The number of halogens is 3. The summed E-state index contributed by atoms with van der Waals surface area (Å²) in [4.78, 5) is 25.2. The maximum Gasteiger partial charge on any atom is 0.433 e. The lowest BCUT2D eigenvalue weighted by molar-refractivity contribution is -0.141. The van der Waals surface area contributed by atoms with E-state index in [4.69, 9.17) is 0 Å². The van der Waals surface area contributed by atoms with Gasteiger partial charge >= 0.3 is 6.18 Å². The molecule has 36 heavy (non-hydrogen) atoms. The number of benzene rings is 1. The minimum Gasteiger partial charge on any atom is -0.341 e. The quantitative estimate of drug-likeness (QED) is 0.549. The number of nitrogens with zero attached hydrogens (tertiary/aromatic N) is 4. The molecule has 192 valence electrons. The summed E-state index contributed by atoms with van der Waals surface area (Å²) in [6.45, 7) is 3.25. The van der Waals surface area contributed by atoms with Gasteiger partial charge in [0.1, 0.15) is 11.5 Å². The molecule has 1 aromatic carbocycles. The minimum atomic E-state index is -4.48. The molecule has 2 saturated carbocycles. The van der Waals surface area contributed by atoms with Crippen molar-refractivity contribution in [1.82, 2.24) is 14.9 Å². The van der Waals surface area contributed by atoms with E-state index in [1.165, 1.54) is 31.2 Å². The van der Waals surface area contributed by atoms with E-state index >= 15 is 0 Å². The van der Waals surface area contributed by atoms with Crippen LogP contribution in [0, 0.1) is 23.7 Å². The van der Waals surface area contributed by atoms with Crippen molar-refractivity contribution in [2.24, 2.45) is 23.7 Å². The van der Waals surface area contributed by atoms with Crippen LogP contribution in [0.3, 0.4) is 0 Å². The molecule has 1 unspecified atom stereocenters. The smallest absolute Gasteiger partial charge is 0.341 e. The Hall–Kier alpha value is -2.48. The topological polar surface area (TPSA) is 49.3 Å². The third kappa shape index (κ3) is 4.76. The summed E-state index contributed by atoms with van der Waals surface area (Å²) in [5, 5.41) is 0. The van der Waals surface area contributed by atoms with Gasteiger partial charge in [-0.3, -0.25) is 9.69 Å². The third-order valence-electron chi connectivity index (χ3n) is 9.07. The van der Waals surface area contributed by atoms with Gasteiger partial charge in [-0.1, -0.05) is 30.3 Å². The highest BCUT2D eigenvalue weighted by atomic mass is 19.4. The van der Waals surface area contributed by atoms with Gasteiger partial charge in [-0.25, -0.2) is 9.97 Å². The molecular weight excluding hydrogens is 465 g/mol. The number of hydrogen-bond acceptors (Lipinski definition) is 5. The van der Waals surface area contributed by atoms with Gasteiger partial charge in [0.05, 0.1) is 0 Å². The van der Waals surface area contributed by atoms with Crippen molar-refractivity contribution in [3.63, 3.8) is 0 Å². The number of likely N-dealkylation sites (tertiary alicyclic amines) is 1. The molecule has 0 spiro atoms. The molecule has 0 radical (unpaired) electrons. The number of piperidine rings is 1. The minimum absolute atomic E-state index is 0.112. The van der Waals surface area contributed by atoms with Crippen LogP contribution in [0.2, 0.25) is 0 Å². The molecule has 3 heterocycles. The molecule has 2 saturated heterocycles. The molecule has 2 aliphatic carbocycles. The van der Waals surface area contributed by atoms with E-state index in [9.17, 15) is 18.0 Å². The molecule has 1 aromatic heterocycles. The lowest BCUT2D eigenvalue weighted by Crippen LogP contribution is -2.38. The number of carbonyl (C=O) groups is 1. The number of Topliss-reactive ketones (excluding diaryl/α,β-unsaturated/α-hetero) is 1. The fourth-order valence-electron chi connectivity index (χ4n) is 7.09. The van der Waals surface area contributed by atoms with E-state index in [1.54, 1.807) is 4.90 Å². The number of alkyl halides is 3. The highest BCUT2D eigenvalue weighted by Gasteiger charge is 2.59. The molecule has 2 aromatic rings. The molecule has 0 amide bonds. The summed E-state index contributed by atoms with van der Waals surface area (Å²) in [7, 11) is 0. The Kier molecular flexibility index (Phi) is 6.26. The number of aromatic nitrogens is 2. The van der Waals surface area contributed by atoms with Crippen LogP contribution >= 0.6 is 0 Å². The first-order chi connectivity index (χ1) is 17.4. The number of fused-ring (bicyclic) bond motifs is 1. The number of ketones is 1. The van der Waals surface area contributed by atoms with Gasteiger partial charge in [0, 0.05) is 50.8 Å². The van der Waals surface area contributed by atoms with E-state index in [-0.39, 0.29) is 17.8 Å². The van der Waals surface area contributed by atoms with Crippen LogP contribution in [0.5, 0.6) is 0 Å². The second kappa shape index (κ2) is 9.43. The van der Waals surface area contributed by atoms with Crippen LogP contribution in [-0.4, -0.2) is 52.9 Å². The molecule has 4 fully saturated rings. The molecule has 0 N–H and O–H groups in total. The largest absolute Gasteiger partial charge is 0.433 e. The van der Waals surface area contributed by atoms with Gasteiger partial charge in [-0.2, -0.15) is 13.2 Å². The van der Waals surface area contributed by atoms with Gasteiger partial charge in [0.15, 0.2) is 0 Å². The zero-order chi connectivity index (χ0) is 24.9.